The molecule has 0 spiro atoms. The van der Waals surface area contributed by atoms with Gasteiger partial charge < -0.3 is 14.5 Å². The minimum Gasteiger partial charge on any atom is -0.449 e. The molecule has 162 valence electrons. The number of ether oxygens (including phenoxy) is 1. The van der Waals surface area contributed by atoms with Crippen molar-refractivity contribution in [3.8, 4) is 6.07 Å². The summed E-state index contributed by atoms with van der Waals surface area (Å²) in [5.41, 5.74) is 3.10. The predicted molar refractivity (Wildman–Crippen MR) is 117 cm³/mol. The quantitative estimate of drug-likeness (QED) is 0.724. The van der Waals surface area contributed by atoms with Gasteiger partial charge in [-0.2, -0.15) is 5.26 Å². The molecule has 1 saturated heterocycles. The number of pyridine rings is 1. The molecule has 0 saturated carbocycles. The number of halogens is 1. The Labute approximate surface area is 186 Å². The molecule has 0 bridgehead atoms. The topological polar surface area (TPSA) is 86.5 Å². The zero-order chi connectivity index (χ0) is 22.0. The van der Waals surface area contributed by atoms with Gasteiger partial charge in [0.05, 0.1) is 29.1 Å². The van der Waals surface area contributed by atoms with Crippen LogP contribution in [0.4, 0.5) is 4.79 Å². The van der Waals surface area contributed by atoms with E-state index in [0.29, 0.717) is 55.3 Å². The van der Waals surface area contributed by atoms with E-state index in [1.165, 1.54) is 0 Å². The number of piperazine rings is 1. The van der Waals surface area contributed by atoms with Gasteiger partial charge in [-0.25, -0.2) is 4.79 Å². The van der Waals surface area contributed by atoms with Crippen LogP contribution in [0, 0.1) is 17.2 Å². The summed E-state index contributed by atoms with van der Waals surface area (Å²) in [5.74, 6) is -0.132. The Kier molecular flexibility index (Phi) is 6.28. The van der Waals surface area contributed by atoms with Gasteiger partial charge in [-0.1, -0.05) is 24.6 Å². The standard InChI is InChI=1S/C23H25ClN4O3/c1-2-11-31-23(30)28-9-7-27(8-10-28)22(29)16-4-6-18-20(13-16)26-19-12-15(14-25)3-5-17(19)21(18)24/h4,6,13,15H,2-3,5,7-12H2,1H3. The zero-order valence-corrected chi connectivity index (χ0v) is 18.3. The maximum atomic E-state index is 13.1. The summed E-state index contributed by atoms with van der Waals surface area (Å²) in [7, 11) is 0. The van der Waals surface area contributed by atoms with E-state index in [2.05, 4.69) is 6.07 Å². The van der Waals surface area contributed by atoms with E-state index in [1.807, 2.05) is 13.0 Å². The second kappa shape index (κ2) is 9.11. The molecule has 1 atom stereocenters. The molecule has 1 aromatic heterocycles. The Bertz CT molecular complexity index is 1060. The van der Waals surface area contributed by atoms with Crippen LogP contribution < -0.4 is 0 Å². The van der Waals surface area contributed by atoms with Gasteiger partial charge in [0.1, 0.15) is 0 Å². The number of benzene rings is 1. The van der Waals surface area contributed by atoms with Gasteiger partial charge in [0.15, 0.2) is 0 Å². The second-order valence-electron chi connectivity index (χ2n) is 8.05. The number of nitrogens with zero attached hydrogens (tertiary/aromatic N) is 4. The van der Waals surface area contributed by atoms with Crippen molar-refractivity contribution in [2.24, 2.45) is 5.92 Å². The maximum Gasteiger partial charge on any atom is 0.409 e. The molecule has 1 aliphatic heterocycles. The molecule has 0 N–H and O–H groups in total. The van der Waals surface area contributed by atoms with Crippen LogP contribution in [-0.4, -0.2) is 59.6 Å². The smallest absolute Gasteiger partial charge is 0.409 e. The normalized spacial score (nSPS) is 18.4. The van der Waals surface area contributed by atoms with Crippen LogP contribution in [0.25, 0.3) is 10.9 Å². The molecule has 0 radical (unpaired) electrons. The lowest BCUT2D eigenvalue weighted by atomic mass is 9.87. The van der Waals surface area contributed by atoms with Crippen molar-refractivity contribution < 1.29 is 14.3 Å². The van der Waals surface area contributed by atoms with Crippen LogP contribution in [0.2, 0.25) is 5.02 Å². The number of carbonyl (C=O) groups excluding carboxylic acids is 2. The van der Waals surface area contributed by atoms with Gasteiger partial charge in [0.2, 0.25) is 0 Å². The highest BCUT2D eigenvalue weighted by Gasteiger charge is 2.27. The molecule has 2 aliphatic rings. The number of amides is 2. The highest BCUT2D eigenvalue weighted by molar-refractivity contribution is 6.36. The van der Waals surface area contributed by atoms with Crippen molar-refractivity contribution in [3.05, 3.63) is 40.0 Å². The third-order valence-corrected chi connectivity index (χ3v) is 6.40. The Morgan fingerprint density at radius 1 is 1.26 bits per heavy atom. The van der Waals surface area contributed by atoms with E-state index >= 15 is 0 Å². The molecule has 8 heteroatoms. The molecule has 7 nitrogen and oxygen atoms in total. The number of hydrogen-bond acceptors (Lipinski definition) is 5. The number of hydrogen-bond donors (Lipinski definition) is 0. The Morgan fingerprint density at radius 2 is 2.00 bits per heavy atom. The molecule has 2 aromatic rings. The van der Waals surface area contributed by atoms with Gasteiger partial charge in [-0.15, -0.1) is 0 Å². The van der Waals surface area contributed by atoms with Crippen molar-refractivity contribution in [2.75, 3.05) is 32.8 Å². The Hall–Kier alpha value is -2.85. The summed E-state index contributed by atoms with van der Waals surface area (Å²) in [6, 6.07) is 7.75. The van der Waals surface area contributed by atoms with E-state index < -0.39 is 0 Å². The monoisotopic (exact) mass is 440 g/mol. The number of aromatic nitrogens is 1. The number of fused-ring (bicyclic) bond motifs is 2. The van der Waals surface area contributed by atoms with Crippen LogP contribution >= 0.6 is 11.6 Å². The number of nitriles is 1. The summed E-state index contributed by atoms with van der Waals surface area (Å²) in [4.78, 5) is 33.2. The summed E-state index contributed by atoms with van der Waals surface area (Å²) in [5, 5.41) is 10.8. The fraction of sp³-hybridized carbons (Fsp3) is 0.478. The van der Waals surface area contributed by atoms with Crippen LogP contribution in [-0.2, 0) is 17.6 Å². The van der Waals surface area contributed by atoms with Gasteiger partial charge in [-0.05, 0) is 37.0 Å². The van der Waals surface area contributed by atoms with Crippen molar-refractivity contribution in [1.82, 2.24) is 14.8 Å². The first kappa shape index (κ1) is 21.4. The Balaban J connectivity index is 1.50. The lowest BCUT2D eigenvalue weighted by Crippen LogP contribution is -2.50. The minimum atomic E-state index is -0.320. The van der Waals surface area contributed by atoms with Crippen molar-refractivity contribution in [1.29, 1.82) is 5.26 Å². The average molecular weight is 441 g/mol. The molecular formula is C23H25ClN4O3. The van der Waals surface area contributed by atoms with Crippen molar-refractivity contribution in [2.45, 2.75) is 32.6 Å². The summed E-state index contributed by atoms with van der Waals surface area (Å²) in [6.07, 6.45) is 2.60. The second-order valence-corrected chi connectivity index (χ2v) is 8.42. The van der Waals surface area contributed by atoms with Crippen molar-refractivity contribution in [3.63, 3.8) is 0 Å². The first-order valence-corrected chi connectivity index (χ1v) is 11.1. The first-order valence-electron chi connectivity index (χ1n) is 10.7. The van der Waals surface area contributed by atoms with Gasteiger partial charge in [-0.3, -0.25) is 9.78 Å². The maximum absolute atomic E-state index is 13.1. The Morgan fingerprint density at radius 3 is 2.71 bits per heavy atom. The van der Waals surface area contributed by atoms with E-state index in [0.717, 1.165) is 35.9 Å². The lowest BCUT2D eigenvalue weighted by Gasteiger charge is -2.34. The average Bonchev–Trinajstić information content (AvgIpc) is 2.81. The zero-order valence-electron chi connectivity index (χ0n) is 17.6. The third-order valence-electron chi connectivity index (χ3n) is 5.97. The first-order chi connectivity index (χ1) is 15.0. The highest BCUT2D eigenvalue weighted by atomic mass is 35.5. The molecule has 2 amide bonds. The van der Waals surface area contributed by atoms with E-state index in [9.17, 15) is 14.9 Å². The molecule has 1 aliphatic carbocycles. The molecule has 1 fully saturated rings. The van der Waals surface area contributed by atoms with Crippen LogP contribution in [0.3, 0.4) is 0 Å². The molecular weight excluding hydrogens is 416 g/mol. The molecule has 4 rings (SSSR count). The predicted octanol–water partition coefficient (Wildman–Crippen LogP) is 3.82. The van der Waals surface area contributed by atoms with E-state index in [-0.39, 0.29) is 17.9 Å². The number of carbonyl (C=O) groups is 2. The minimum absolute atomic E-state index is 0.0429. The van der Waals surface area contributed by atoms with E-state index in [4.69, 9.17) is 21.3 Å². The fourth-order valence-electron chi connectivity index (χ4n) is 4.19. The molecule has 31 heavy (non-hydrogen) atoms. The molecule has 2 heterocycles. The molecule has 1 unspecified atom stereocenters. The number of rotatable bonds is 3. The lowest BCUT2D eigenvalue weighted by molar-refractivity contribution is 0.0560. The third kappa shape index (κ3) is 4.31. The molecule has 1 aromatic carbocycles. The van der Waals surface area contributed by atoms with Crippen LogP contribution in [0.5, 0.6) is 0 Å². The van der Waals surface area contributed by atoms with Crippen molar-refractivity contribution >= 4 is 34.5 Å². The van der Waals surface area contributed by atoms with Gasteiger partial charge >= 0.3 is 6.09 Å². The summed E-state index contributed by atoms with van der Waals surface area (Å²) in [6.45, 7) is 4.18. The summed E-state index contributed by atoms with van der Waals surface area (Å²) >= 11 is 6.65. The highest BCUT2D eigenvalue weighted by Crippen LogP contribution is 2.34. The van der Waals surface area contributed by atoms with Crippen LogP contribution in [0.1, 0.15) is 41.4 Å². The fourth-order valence-corrected chi connectivity index (χ4v) is 4.55. The van der Waals surface area contributed by atoms with Gasteiger partial charge in [0.25, 0.3) is 5.91 Å². The SMILES string of the molecule is CCCOC(=O)N1CCN(C(=O)c2ccc3c(Cl)c4c(nc3c2)CC(C#N)CC4)CC1. The van der Waals surface area contributed by atoms with E-state index in [1.54, 1.807) is 21.9 Å². The summed E-state index contributed by atoms with van der Waals surface area (Å²) < 4.78 is 5.17. The van der Waals surface area contributed by atoms with Gasteiger partial charge in [0, 0.05) is 49.2 Å². The van der Waals surface area contributed by atoms with Crippen LogP contribution in [0.15, 0.2) is 18.2 Å². The largest absolute Gasteiger partial charge is 0.449 e.